The first kappa shape index (κ1) is 22.0. The van der Waals surface area contributed by atoms with Gasteiger partial charge in [-0.05, 0) is 25.7 Å². The number of benzene rings is 2. The van der Waals surface area contributed by atoms with E-state index in [0.717, 1.165) is 23.9 Å². The summed E-state index contributed by atoms with van der Waals surface area (Å²) in [5, 5.41) is 26.4. The Bertz CT molecular complexity index is 827. The van der Waals surface area contributed by atoms with Crippen molar-refractivity contribution in [3.8, 4) is 0 Å². The molecule has 27 heavy (non-hydrogen) atoms. The van der Waals surface area contributed by atoms with Crippen molar-refractivity contribution in [1.29, 1.82) is 0 Å². The average Bonchev–Trinajstić information content (AvgIpc) is 2.62. The molecule has 0 radical (unpaired) electrons. The third-order valence-electron chi connectivity index (χ3n) is 3.60. The third-order valence-corrected chi connectivity index (χ3v) is 3.60. The predicted molar refractivity (Wildman–Crippen MR) is 107 cm³/mol. The SMILES string of the molecule is CN(C)CC/C(=N\Nc1ccc([N+](=O)[O-])cc1[N+](=O)[O-])c1ccccc1.Cl. The number of nitro benzene ring substituents is 2. The summed E-state index contributed by atoms with van der Waals surface area (Å²) in [7, 11) is 3.88. The Morgan fingerprint density at radius 2 is 1.74 bits per heavy atom. The number of anilines is 1. The predicted octanol–water partition coefficient (Wildman–Crippen LogP) is 3.69. The molecule has 2 aromatic carbocycles. The van der Waals surface area contributed by atoms with Crippen LogP contribution in [0.15, 0.2) is 53.6 Å². The van der Waals surface area contributed by atoms with Crippen LogP contribution in [0, 0.1) is 20.2 Å². The second-order valence-electron chi connectivity index (χ2n) is 5.81. The quantitative estimate of drug-likeness (QED) is 0.415. The highest BCUT2D eigenvalue weighted by Crippen LogP contribution is 2.29. The Kier molecular flexibility index (Phi) is 8.31. The molecule has 0 fully saturated rings. The zero-order chi connectivity index (χ0) is 19.1. The van der Waals surface area contributed by atoms with Gasteiger partial charge in [-0.1, -0.05) is 30.3 Å². The van der Waals surface area contributed by atoms with Crippen molar-refractivity contribution in [3.05, 3.63) is 74.3 Å². The van der Waals surface area contributed by atoms with Crippen molar-refractivity contribution in [1.82, 2.24) is 4.90 Å². The van der Waals surface area contributed by atoms with Crippen LogP contribution in [0.3, 0.4) is 0 Å². The van der Waals surface area contributed by atoms with Gasteiger partial charge in [-0.15, -0.1) is 12.4 Å². The molecule has 0 heterocycles. The summed E-state index contributed by atoms with van der Waals surface area (Å²) in [6, 6.07) is 12.9. The normalized spacial score (nSPS) is 11.0. The van der Waals surface area contributed by atoms with Crippen LogP contribution in [0.1, 0.15) is 12.0 Å². The third kappa shape index (κ3) is 6.32. The Morgan fingerprint density at radius 3 is 2.30 bits per heavy atom. The lowest BCUT2D eigenvalue weighted by Gasteiger charge is -2.12. The Labute approximate surface area is 162 Å². The van der Waals surface area contributed by atoms with Gasteiger partial charge < -0.3 is 4.90 Å². The number of halogens is 1. The number of hydrogen-bond acceptors (Lipinski definition) is 7. The fourth-order valence-corrected chi connectivity index (χ4v) is 2.23. The molecule has 0 aliphatic heterocycles. The summed E-state index contributed by atoms with van der Waals surface area (Å²) in [5.41, 5.74) is 3.66. The molecule has 1 N–H and O–H groups in total. The van der Waals surface area contributed by atoms with Crippen LogP contribution in [-0.4, -0.2) is 41.1 Å². The van der Waals surface area contributed by atoms with E-state index in [1.54, 1.807) is 0 Å². The summed E-state index contributed by atoms with van der Waals surface area (Å²) >= 11 is 0. The van der Waals surface area contributed by atoms with Gasteiger partial charge in [-0.3, -0.25) is 25.7 Å². The number of hydrazone groups is 1. The van der Waals surface area contributed by atoms with Gasteiger partial charge in [0.15, 0.2) is 0 Å². The van der Waals surface area contributed by atoms with Crippen LogP contribution in [0.2, 0.25) is 0 Å². The number of hydrogen-bond donors (Lipinski definition) is 1. The van der Waals surface area contributed by atoms with Gasteiger partial charge >= 0.3 is 5.69 Å². The molecule has 2 rings (SSSR count). The maximum Gasteiger partial charge on any atom is 0.301 e. The molecular weight excluding hydrogens is 374 g/mol. The van der Waals surface area contributed by atoms with E-state index < -0.39 is 15.5 Å². The molecule has 0 aliphatic rings. The largest absolute Gasteiger partial charge is 0.309 e. The zero-order valence-corrected chi connectivity index (χ0v) is 15.7. The minimum Gasteiger partial charge on any atom is -0.309 e. The van der Waals surface area contributed by atoms with E-state index in [9.17, 15) is 20.2 Å². The average molecular weight is 394 g/mol. The fourth-order valence-electron chi connectivity index (χ4n) is 2.23. The lowest BCUT2D eigenvalue weighted by Crippen LogP contribution is -2.18. The standard InChI is InChI=1S/C17H19N5O4.ClH/c1-20(2)11-10-15(13-6-4-3-5-7-13)18-19-16-9-8-14(21(23)24)12-17(16)22(25)26;/h3-9,12,19H,10-11H2,1-2H3;1H/b18-15+;. The lowest BCUT2D eigenvalue weighted by molar-refractivity contribution is -0.393. The minimum absolute atomic E-state index is 0. The number of rotatable bonds is 8. The first-order valence-corrected chi connectivity index (χ1v) is 7.84. The van der Waals surface area contributed by atoms with Gasteiger partial charge in [0.2, 0.25) is 0 Å². The Balaban J connectivity index is 0.00000364. The number of nitrogens with one attached hydrogen (secondary N) is 1. The van der Waals surface area contributed by atoms with Gasteiger partial charge in [-0.25, -0.2) is 0 Å². The summed E-state index contributed by atoms with van der Waals surface area (Å²) < 4.78 is 0. The molecule has 0 unspecified atom stereocenters. The molecule has 0 aliphatic carbocycles. The van der Waals surface area contributed by atoms with Gasteiger partial charge in [-0.2, -0.15) is 5.10 Å². The summed E-state index contributed by atoms with van der Waals surface area (Å²) in [6.07, 6.45) is 0.630. The number of nitro groups is 2. The van der Waals surface area contributed by atoms with Crippen molar-refractivity contribution >= 4 is 35.2 Å². The molecule has 0 amide bonds. The van der Waals surface area contributed by atoms with Gasteiger partial charge in [0, 0.05) is 19.0 Å². The van der Waals surface area contributed by atoms with Crippen molar-refractivity contribution in [2.75, 3.05) is 26.1 Å². The van der Waals surface area contributed by atoms with E-state index in [4.69, 9.17) is 0 Å². The van der Waals surface area contributed by atoms with Gasteiger partial charge in [0.05, 0.1) is 21.6 Å². The molecule has 0 bridgehead atoms. The van der Waals surface area contributed by atoms with Crippen LogP contribution in [0.4, 0.5) is 17.1 Å². The molecule has 0 spiro atoms. The fraction of sp³-hybridized carbons (Fsp3) is 0.235. The van der Waals surface area contributed by atoms with Crippen LogP contribution >= 0.6 is 12.4 Å². The number of nitrogens with zero attached hydrogens (tertiary/aromatic N) is 4. The molecular formula is C17H20ClN5O4. The molecule has 0 saturated heterocycles. The molecule has 0 saturated carbocycles. The summed E-state index contributed by atoms with van der Waals surface area (Å²) in [5.74, 6) is 0. The van der Waals surface area contributed by atoms with Crippen LogP contribution in [0.25, 0.3) is 0 Å². The van der Waals surface area contributed by atoms with Crippen molar-refractivity contribution < 1.29 is 9.85 Å². The van der Waals surface area contributed by atoms with Crippen molar-refractivity contribution in [2.45, 2.75) is 6.42 Å². The molecule has 0 atom stereocenters. The van der Waals surface area contributed by atoms with Crippen molar-refractivity contribution in [2.24, 2.45) is 5.10 Å². The van der Waals surface area contributed by atoms with E-state index in [0.29, 0.717) is 6.42 Å². The Morgan fingerprint density at radius 1 is 1.07 bits per heavy atom. The van der Waals surface area contributed by atoms with E-state index >= 15 is 0 Å². The second kappa shape index (κ2) is 10.2. The monoisotopic (exact) mass is 393 g/mol. The lowest BCUT2D eigenvalue weighted by atomic mass is 10.1. The molecule has 10 heteroatoms. The van der Waals surface area contributed by atoms with Gasteiger partial charge in [0.25, 0.3) is 5.69 Å². The Hall–Kier alpha value is -3.04. The highest BCUT2D eigenvalue weighted by atomic mass is 35.5. The first-order valence-electron chi connectivity index (χ1n) is 7.84. The second-order valence-corrected chi connectivity index (χ2v) is 5.81. The minimum atomic E-state index is -0.674. The van der Waals surface area contributed by atoms with E-state index in [2.05, 4.69) is 10.5 Å². The van der Waals surface area contributed by atoms with Crippen LogP contribution in [-0.2, 0) is 0 Å². The topological polar surface area (TPSA) is 114 Å². The smallest absolute Gasteiger partial charge is 0.301 e. The van der Waals surface area contributed by atoms with E-state index in [-0.39, 0.29) is 23.8 Å². The highest BCUT2D eigenvalue weighted by Gasteiger charge is 2.19. The summed E-state index contributed by atoms with van der Waals surface area (Å²) in [6.45, 7) is 0.748. The molecule has 9 nitrogen and oxygen atoms in total. The summed E-state index contributed by atoms with van der Waals surface area (Å²) in [4.78, 5) is 22.7. The van der Waals surface area contributed by atoms with Crippen LogP contribution < -0.4 is 5.43 Å². The molecule has 144 valence electrons. The van der Waals surface area contributed by atoms with Gasteiger partial charge in [0.1, 0.15) is 5.69 Å². The van der Waals surface area contributed by atoms with E-state index in [1.165, 1.54) is 12.1 Å². The number of non-ortho nitro benzene ring substituents is 1. The zero-order valence-electron chi connectivity index (χ0n) is 14.9. The first-order chi connectivity index (χ1) is 12.4. The molecule has 2 aromatic rings. The van der Waals surface area contributed by atoms with Crippen molar-refractivity contribution in [3.63, 3.8) is 0 Å². The maximum absolute atomic E-state index is 11.2. The van der Waals surface area contributed by atoms with E-state index in [1.807, 2.05) is 49.3 Å². The maximum atomic E-state index is 11.2. The molecule has 0 aromatic heterocycles. The highest BCUT2D eigenvalue weighted by molar-refractivity contribution is 6.01. The van der Waals surface area contributed by atoms with Crippen LogP contribution in [0.5, 0.6) is 0 Å².